The third-order valence-electron chi connectivity index (χ3n) is 2.77. The van der Waals surface area contributed by atoms with E-state index >= 15 is 0 Å². The average Bonchev–Trinajstić information content (AvgIpc) is 3.01. The predicted molar refractivity (Wildman–Crippen MR) is 64.8 cm³/mol. The molecule has 88 valence electrons. The first-order valence-corrected chi connectivity index (χ1v) is 6.39. The molecule has 0 radical (unpaired) electrons. The summed E-state index contributed by atoms with van der Waals surface area (Å²) in [6.07, 6.45) is 4.25. The molecule has 0 atom stereocenters. The highest BCUT2D eigenvalue weighted by Gasteiger charge is 2.25. The van der Waals surface area contributed by atoms with E-state index in [-0.39, 0.29) is 5.91 Å². The third-order valence-corrected chi connectivity index (χ3v) is 3.68. The number of carbonyl (C=O) groups excluding carboxylic acids is 1. The van der Waals surface area contributed by atoms with E-state index in [1.165, 1.54) is 24.2 Å². The van der Waals surface area contributed by atoms with Crippen molar-refractivity contribution >= 4 is 17.2 Å². The standard InChI is InChI=1S/C11H17N3OS/c1-8-13-7-10(16-8)11(15)12-5-6-14(2)9-3-4-9/h7,9H,3-6H2,1-2H3,(H,12,15). The molecule has 0 unspecified atom stereocenters. The van der Waals surface area contributed by atoms with Crippen LogP contribution in [-0.2, 0) is 0 Å². The Labute approximate surface area is 99.7 Å². The van der Waals surface area contributed by atoms with Crippen LogP contribution in [0.5, 0.6) is 0 Å². The first-order valence-electron chi connectivity index (χ1n) is 5.57. The van der Waals surface area contributed by atoms with Crippen molar-refractivity contribution in [3.05, 3.63) is 16.1 Å². The molecule has 5 heteroatoms. The molecular weight excluding hydrogens is 222 g/mol. The van der Waals surface area contributed by atoms with E-state index in [2.05, 4.69) is 22.2 Å². The van der Waals surface area contributed by atoms with Gasteiger partial charge < -0.3 is 10.2 Å². The minimum Gasteiger partial charge on any atom is -0.350 e. The molecule has 16 heavy (non-hydrogen) atoms. The second-order valence-electron chi connectivity index (χ2n) is 4.21. The summed E-state index contributed by atoms with van der Waals surface area (Å²) in [5.74, 6) is -0.00482. The summed E-state index contributed by atoms with van der Waals surface area (Å²) >= 11 is 1.44. The fourth-order valence-corrected chi connectivity index (χ4v) is 2.29. The Bertz CT molecular complexity index is 373. The van der Waals surface area contributed by atoms with Gasteiger partial charge in [0.25, 0.3) is 5.91 Å². The lowest BCUT2D eigenvalue weighted by Gasteiger charge is -2.15. The first-order chi connectivity index (χ1) is 7.66. The van der Waals surface area contributed by atoms with E-state index in [0.717, 1.165) is 17.6 Å². The lowest BCUT2D eigenvalue weighted by Crippen LogP contribution is -2.33. The molecule has 1 aromatic rings. The van der Waals surface area contributed by atoms with Gasteiger partial charge in [-0.25, -0.2) is 4.98 Å². The Morgan fingerprint density at radius 3 is 3.00 bits per heavy atom. The van der Waals surface area contributed by atoms with Crippen LogP contribution in [0.15, 0.2) is 6.20 Å². The van der Waals surface area contributed by atoms with E-state index in [4.69, 9.17) is 0 Å². The fraction of sp³-hybridized carbons (Fsp3) is 0.636. The topological polar surface area (TPSA) is 45.2 Å². The summed E-state index contributed by atoms with van der Waals surface area (Å²) in [5.41, 5.74) is 0. The van der Waals surface area contributed by atoms with Gasteiger partial charge >= 0.3 is 0 Å². The number of nitrogens with one attached hydrogen (secondary N) is 1. The van der Waals surface area contributed by atoms with Crippen molar-refractivity contribution in [1.82, 2.24) is 15.2 Å². The molecule has 1 N–H and O–H groups in total. The molecule has 1 fully saturated rings. The number of nitrogens with zero attached hydrogens (tertiary/aromatic N) is 2. The summed E-state index contributed by atoms with van der Waals surface area (Å²) < 4.78 is 0. The van der Waals surface area contributed by atoms with Crippen LogP contribution in [0.2, 0.25) is 0 Å². The number of carbonyl (C=O) groups is 1. The SMILES string of the molecule is Cc1ncc(C(=O)NCCN(C)C2CC2)s1. The summed E-state index contributed by atoms with van der Waals surface area (Å²) in [4.78, 5) is 18.7. The summed E-state index contributed by atoms with van der Waals surface area (Å²) in [6.45, 7) is 3.54. The van der Waals surface area contributed by atoms with Gasteiger partial charge in [-0.05, 0) is 26.8 Å². The van der Waals surface area contributed by atoms with Crippen LogP contribution in [0.4, 0.5) is 0 Å². The Hall–Kier alpha value is -0.940. The second kappa shape index (κ2) is 4.93. The van der Waals surface area contributed by atoms with Crippen LogP contribution in [0.3, 0.4) is 0 Å². The molecule has 0 aliphatic heterocycles. The zero-order valence-corrected chi connectivity index (χ0v) is 10.5. The molecule has 0 aromatic carbocycles. The van der Waals surface area contributed by atoms with Gasteiger partial charge in [0.1, 0.15) is 4.88 Å². The number of aromatic nitrogens is 1. The van der Waals surface area contributed by atoms with Crippen LogP contribution in [0, 0.1) is 6.92 Å². The van der Waals surface area contributed by atoms with Gasteiger partial charge in [-0.15, -0.1) is 11.3 Å². The predicted octanol–water partition coefficient (Wildman–Crippen LogP) is 1.28. The molecule has 1 amide bonds. The van der Waals surface area contributed by atoms with E-state index in [9.17, 15) is 4.79 Å². The monoisotopic (exact) mass is 239 g/mol. The molecule has 1 aliphatic rings. The van der Waals surface area contributed by atoms with Gasteiger partial charge in [-0.3, -0.25) is 4.79 Å². The lowest BCUT2D eigenvalue weighted by atomic mass is 10.4. The molecule has 0 saturated heterocycles. The van der Waals surface area contributed by atoms with Crippen LogP contribution in [0.1, 0.15) is 27.5 Å². The maximum Gasteiger partial charge on any atom is 0.263 e. The molecular formula is C11H17N3OS. The quantitative estimate of drug-likeness (QED) is 0.842. The van der Waals surface area contributed by atoms with Gasteiger partial charge in [0.2, 0.25) is 0 Å². The van der Waals surface area contributed by atoms with E-state index in [0.29, 0.717) is 11.4 Å². The summed E-state index contributed by atoms with van der Waals surface area (Å²) in [7, 11) is 2.11. The largest absolute Gasteiger partial charge is 0.350 e. The summed E-state index contributed by atoms with van der Waals surface area (Å²) in [5, 5.41) is 3.85. The number of rotatable bonds is 5. The zero-order valence-electron chi connectivity index (χ0n) is 9.69. The number of aryl methyl sites for hydroxylation is 1. The van der Waals surface area contributed by atoms with Crippen LogP contribution >= 0.6 is 11.3 Å². The molecule has 1 aromatic heterocycles. The third kappa shape index (κ3) is 3.02. The van der Waals surface area contributed by atoms with Gasteiger partial charge in [-0.1, -0.05) is 0 Å². The maximum atomic E-state index is 11.7. The Morgan fingerprint density at radius 1 is 1.69 bits per heavy atom. The Kier molecular flexibility index (Phi) is 3.56. The van der Waals surface area contributed by atoms with Crippen LogP contribution in [0.25, 0.3) is 0 Å². The molecule has 4 nitrogen and oxygen atoms in total. The van der Waals surface area contributed by atoms with Crippen LogP contribution < -0.4 is 5.32 Å². The highest BCUT2D eigenvalue weighted by Crippen LogP contribution is 2.24. The van der Waals surface area contributed by atoms with Crippen molar-refractivity contribution < 1.29 is 4.79 Å². The van der Waals surface area contributed by atoms with Crippen molar-refractivity contribution in [2.45, 2.75) is 25.8 Å². The van der Waals surface area contributed by atoms with Gasteiger partial charge in [0.05, 0.1) is 11.2 Å². The molecule has 0 spiro atoms. The molecule has 1 aliphatic carbocycles. The number of likely N-dealkylation sites (N-methyl/N-ethyl adjacent to an activating group) is 1. The van der Waals surface area contributed by atoms with Crippen molar-refractivity contribution in [2.75, 3.05) is 20.1 Å². The van der Waals surface area contributed by atoms with Crippen LogP contribution in [-0.4, -0.2) is 42.0 Å². The number of amides is 1. The van der Waals surface area contributed by atoms with E-state index in [1.54, 1.807) is 6.20 Å². The van der Waals surface area contributed by atoms with Crippen molar-refractivity contribution in [3.8, 4) is 0 Å². The number of thiazole rings is 1. The normalized spacial score (nSPS) is 15.4. The van der Waals surface area contributed by atoms with E-state index in [1.807, 2.05) is 6.92 Å². The average molecular weight is 239 g/mol. The minimum absolute atomic E-state index is 0.00482. The van der Waals surface area contributed by atoms with Crippen molar-refractivity contribution in [1.29, 1.82) is 0 Å². The van der Waals surface area contributed by atoms with Gasteiger partial charge in [0.15, 0.2) is 0 Å². The summed E-state index contributed by atoms with van der Waals surface area (Å²) in [6, 6.07) is 0.752. The number of hydrogen-bond acceptors (Lipinski definition) is 4. The maximum absolute atomic E-state index is 11.7. The highest BCUT2D eigenvalue weighted by atomic mass is 32.1. The molecule has 2 rings (SSSR count). The van der Waals surface area contributed by atoms with Crippen molar-refractivity contribution in [3.63, 3.8) is 0 Å². The van der Waals surface area contributed by atoms with Crippen molar-refractivity contribution in [2.24, 2.45) is 0 Å². The minimum atomic E-state index is -0.00482. The Morgan fingerprint density at radius 2 is 2.44 bits per heavy atom. The van der Waals surface area contributed by atoms with E-state index < -0.39 is 0 Å². The lowest BCUT2D eigenvalue weighted by molar-refractivity contribution is 0.0953. The first kappa shape index (κ1) is 11.5. The smallest absolute Gasteiger partial charge is 0.263 e. The molecule has 1 saturated carbocycles. The second-order valence-corrected chi connectivity index (χ2v) is 5.45. The molecule has 1 heterocycles. The fourth-order valence-electron chi connectivity index (χ4n) is 1.60. The Balaban J connectivity index is 1.71. The van der Waals surface area contributed by atoms with Gasteiger partial charge in [0, 0.05) is 19.1 Å². The zero-order chi connectivity index (χ0) is 11.5. The van der Waals surface area contributed by atoms with Gasteiger partial charge in [-0.2, -0.15) is 0 Å². The molecule has 0 bridgehead atoms. The highest BCUT2D eigenvalue weighted by molar-refractivity contribution is 7.13. The number of hydrogen-bond donors (Lipinski definition) is 1.